The number of carboxylic acid groups (broad SMARTS) is 1. The summed E-state index contributed by atoms with van der Waals surface area (Å²) in [6.07, 6.45) is 0. The van der Waals surface area contributed by atoms with Gasteiger partial charge in [0.05, 0.1) is 12.6 Å². The van der Waals surface area contributed by atoms with Crippen molar-refractivity contribution in [2.75, 3.05) is 20.6 Å². The van der Waals surface area contributed by atoms with E-state index >= 15 is 0 Å². The fourth-order valence-electron chi connectivity index (χ4n) is 1.61. The molecule has 0 aliphatic rings. The van der Waals surface area contributed by atoms with Gasteiger partial charge in [0.2, 0.25) is 5.91 Å². The van der Waals surface area contributed by atoms with E-state index in [1.54, 1.807) is 25.9 Å². The fourth-order valence-corrected chi connectivity index (χ4v) is 1.61. The lowest BCUT2D eigenvalue weighted by Gasteiger charge is -2.39. The monoisotopic (exact) mass is 230 g/mol. The van der Waals surface area contributed by atoms with Gasteiger partial charge < -0.3 is 10.0 Å². The zero-order chi connectivity index (χ0) is 13.1. The molecule has 0 spiro atoms. The van der Waals surface area contributed by atoms with E-state index < -0.39 is 12.0 Å². The van der Waals surface area contributed by atoms with Crippen molar-refractivity contribution < 1.29 is 14.7 Å². The van der Waals surface area contributed by atoms with Crippen LogP contribution in [-0.4, -0.2) is 59.0 Å². The lowest BCUT2D eigenvalue weighted by molar-refractivity contribution is -0.144. The Morgan fingerprint density at radius 3 is 1.94 bits per heavy atom. The van der Waals surface area contributed by atoms with E-state index in [1.807, 2.05) is 20.8 Å². The van der Waals surface area contributed by atoms with E-state index in [2.05, 4.69) is 0 Å². The number of amides is 1. The molecule has 1 atom stereocenters. The molecule has 0 radical (unpaired) electrons. The molecule has 0 aromatic carbocycles. The molecule has 1 amide bonds. The summed E-state index contributed by atoms with van der Waals surface area (Å²) in [4.78, 5) is 25.7. The third kappa shape index (κ3) is 4.18. The summed E-state index contributed by atoms with van der Waals surface area (Å²) in [5.41, 5.74) is -0.358. The maximum atomic E-state index is 11.8. The topological polar surface area (TPSA) is 60.9 Å². The number of carboxylic acids is 1. The Hall–Kier alpha value is -1.10. The summed E-state index contributed by atoms with van der Waals surface area (Å²) >= 11 is 0. The van der Waals surface area contributed by atoms with Crippen LogP contribution in [0.15, 0.2) is 0 Å². The Kier molecular flexibility index (Phi) is 4.93. The second kappa shape index (κ2) is 5.30. The number of hydrogen-bond acceptors (Lipinski definition) is 3. The number of rotatable bonds is 4. The Balaban J connectivity index is 4.90. The van der Waals surface area contributed by atoms with Gasteiger partial charge in [-0.25, -0.2) is 0 Å². The molecule has 0 saturated heterocycles. The molecule has 5 heteroatoms. The van der Waals surface area contributed by atoms with Crippen LogP contribution in [0.1, 0.15) is 27.7 Å². The van der Waals surface area contributed by atoms with Crippen LogP contribution in [-0.2, 0) is 9.59 Å². The second-order valence-corrected chi connectivity index (χ2v) is 5.10. The first-order chi connectivity index (χ1) is 7.07. The average Bonchev–Trinajstić information content (AvgIpc) is 2.09. The van der Waals surface area contributed by atoms with Crippen LogP contribution in [0.5, 0.6) is 0 Å². The molecule has 0 bridgehead atoms. The first kappa shape index (κ1) is 14.9. The SMILES string of the molecule is CC(C(=O)N(C)C)N(CC(=O)O)C(C)(C)C. The van der Waals surface area contributed by atoms with E-state index in [0.717, 1.165) is 0 Å². The molecule has 1 N–H and O–H groups in total. The van der Waals surface area contributed by atoms with Crippen molar-refractivity contribution in [2.45, 2.75) is 39.3 Å². The molecule has 0 aliphatic heterocycles. The molecule has 0 aliphatic carbocycles. The summed E-state index contributed by atoms with van der Waals surface area (Å²) in [6.45, 7) is 7.29. The third-order valence-corrected chi connectivity index (χ3v) is 2.43. The maximum absolute atomic E-state index is 11.8. The number of aliphatic carboxylic acids is 1. The van der Waals surface area contributed by atoms with Crippen molar-refractivity contribution >= 4 is 11.9 Å². The molecule has 5 nitrogen and oxygen atoms in total. The van der Waals surface area contributed by atoms with E-state index in [4.69, 9.17) is 5.11 Å². The molecule has 16 heavy (non-hydrogen) atoms. The smallest absolute Gasteiger partial charge is 0.317 e. The van der Waals surface area contributed by atoms with Crippen molar-refractivity contribution in [1.29, 1.82) is 0 Å². The summed E-state index contributed by atoms with van der Waals surface area (Å²) in [6, 6.07) is -0.439. The standard InChI is InChI=1S/C11H22N2O3/c1-8(10(16)12(5)6)13(7-9(14)15)11(2,3)4/h8H,7H2,1-6H3,(H,14,15). The first-order valence-corrected chi connectivity index (χ1v) is 5.27. The van der Waals surface area contributed by atoms with Crippen LogP contribution < -0.4 is 0 Å². The highest BCUT2D eigenvalue weighted by Crippen LogP contribution is 2.17. The molecule has 1 unspecified atom stereocenters. The highest BCUT2D eigenvalue weighted by atomic mass is 16.4. The van der Waals surface area contributed by atoms with Crippen molar-refractivity contribution in [2.24, 2.45) is 0 Å². The predicted octanol–water partition coefficient (Wildman–Crippen LogP) is 0.648. The van der Waals surface area contributed by atoms with Gasteiger partial charge in [0.1, 0.15) is 0 Å². The van der Waals surface area contributed by atoms with Gasteiger partial charge in [0.25, 0.3) is 0 Å². The quantitative estimate of drug-likeness (QED) is 0.770. The van der Waals surface area contributed by atoms with Gasteiger partial charge in [-0.1, -0.05) is 0 Å². The van der Waals surface area contributed by atoms with Crippen LogP contribution in [0.2, 0.25) is 0 Å². The maximum Gasteiger partial charge on any atom is 0.317 e. The van der Waals surface area contributed by atoms with Gasteiger partial charge in [0, 0.05) is 19.6 Å². The predicted molar refractivity (Wildman–Crippen MR) is 62.3 cm³/mol. The average molecular weight is 230 g/mol. The van der Waals surface area contributed by atoms with Gasteiger partial charge in [-0.15, -0.1) is 0 Å². The summed E-state index contributed by atoms with van der Waals surface area (Å²) in [5, 5.41) is 8.85. The summed E-state index contributed by atoms with van der Waals surface area (Å²) in [7, 11) is 3.33. The summed E-state index contributed by atoms with van der Waals surface area (Å²) < 4.78 is 0. The molecule has 0 rings (SSSR count). The van der Waals surface area contributed by atoms with Crippen molar-refractivity contribution in [3.63, 3.8) is 0 Å². The molecule has 0 saturated carbocycles. The fraction of sp³-hybridized carbons (Fsp3) is 0.818. The van der Waals surface area contributed by atoms with Crippen molar-refractivity contribution in [1.82, 2.24) is 9.80 Å². The van der Waals surface area contributed by atoms with E-state index in [0.29, 0.717) is 0 Å². The van der Waals surface area contributed by atoms with Gasteiger partial charge in [-0.2, -0.15) is 0 Å². The van der Waals surface area contributed by atoms with Gasteiger partial charge in [-0.3, -0.25) is 14.5 Å². The van der Waals surface area contributed by atoms with Crippen molar-refractivity contribution in [3.8, 4) is 0 Å². The van der Waals surface area contributed by atoms with Crippen molar-refractivity contribution in [3.05, 3.63) is 0 Å². The van der Waals surface area contributed by atoms with E-state index in [-0.39, 0.29) is 18.0 Å². The normalized spacial score (nSPS) is 13.7. The molecule has 0 aromatic rings. The number of carbonyl (C=O) groups excluding carboxylic acids is 1. The van der Waals surface area contributed by atoms with Gasteiger partial charge >= 0.3 is 5.97 Å². The van der Waals surface area contributed by atoms with Gasteiger partial charge in [-0.05, 0) is 27.7 Å². The first-order valence-electron chi connectivity index (χ1n) is 5.27. The molecule has 0 aromatic heterocycles. The largest absolute Gasteiger partial charge is 0.480 e. The number of hydrogen-bond donors (Lipinski definition) is 1. The molecular formula is C11H22N2O3. The third-order valence-electron chi connectivity index (χ3n) is 2.43. The second-order valence-electron chi connectivity index (χ2n) is 5.10. The van der Waals surface area contributed by atoms with Crippen LogP contribution in [0, 0.1) is 0 Å². The van der Waals surface area contributed by atoms with Crippen LogP contribution >= 0.6 is 0 Å². The van der Waals surface area contributed by atoms with Crippen LogP contribution in [0.3, 0.4) is 0 Å². The number of carbonyl (C=O) groups is 2. The minimum atomic E-state index is -0.923. The van der Waals surface area contributed by atoms with E-state index in [1.165, 1.54) is 4.90 Å². The van der Waals surface area contributed by atoms with Crippen LogP contribution in [0.4, 0.5) is 0 Å². The minimum Gasteiger partial charge on any atom is -0.480 e. The Morgan fingerprint density at radius 2 is 1.69 bits per heavy atom. The zero-order valence-corrected chi connectivity index (χ0v) is 10.9. The molecule has 0 fully saturated rings. The van der Waals surface area contributed by atoms with Gasteiger partial charge in [0.15, 0.2) is 0 Å². The number of nitrogens with zero attached hydrogens (tertiary/aromatic N) is 2. The highest BCUT2D eigenvalue weighted by Gasteiger charge is 2.32. The lowest BCUT2D eigenvalue weighted by Crippen LogP contribution is -2.54. The Morgan fingerprint density at radius 1 is 1.25 bits per heavy atom. The Bertz CT molecular complexity index is 269. The molecule has 94 valence electrons. The minimum absolute atomic E-state index is 0.0869. The zero-order valence-electron chi connectivity index (χ0n) is 10.9. The summed E-state index contributed by atoms with van der Waals surface area (Å²) in [5.74, 6) is -1.01. The van der Waals surface area contributed by atoms with E-state index in [9.17, 15) is 9.59 Å². The Labute approximate surface area is 97.0 Å². The lowest BCUT2D eigenvalue weighted by atomic mass is 10.0. The van der Waals surface area contributed by atoms with Crippen LogP contribution in [0.25, 0.3) is 0 Å². The molecular weight excluding hydrogens is 208 g/mol. The highest BCUT2D eigenvalue weighted by molar-refractivity contribution is 5.82. The molecule has 0 heterocycles. The number of likely N-dealkylation sites (N-methyl/N-ethyl adjacent to an activating group) is 1.